The van der Waals surface area contributed by atoms with Gasteiger partial charge >= 0.3 is 6.03 Å². The minimum atomic E-state index is -4.02. The smallest absolute Gasteiger partial charge is 0.325 e. The van der Waals surface area contributed by atoms with E-state index in [9.17, 15) is 23.2 Å². The van der Waals surface area contributed by atoms with Crippen molar-refractivity contribution in [3.63, 3.8) is 0 Å². The number of hydrogen-bond acceptors (Lipinski definition) is 7. The minimum absolute atomic E-state index is 0.0150. The Morgan fingerprint density at radius 3 is 2.15 bits per heavy atom. The van der Waals surface area contributed by atoms with Crippen molar-refractivity contribution < 1.29 is 32.5 Å². The summed E-state index contributed by atoms with van der Waals surface area (Å²) in [5.74, 6) is 0.294. The fourth-order valence-electron chi connectivity index (χ4n) is 2.77. The van der Waals surface area contributed by atoms with Crippen molar-refractivity contribution in [1.82, 2.24) is 15.7 Å². The second-order valence-electron chi connectivity index (χ2n) is 7.85. The first-order valence-corrected chi connectivity index (χ1v) is 12.0. The molecule has 1 aliphatic rings. The summed E-state index contributed by atoms with van der Waals surface area (Å²) in [6.07, 6.45) is 0. The van der Waals surface area contributed by atoms with E-state index in [1.807, 2.05) is 19.1 Å². The summed E-state index contributed by atoms with van der Waals surface area (Å²) in [4.78, 5) is 24.9. The standard InChI is InChI=1S/C14H18BrN3O4.C7H8O3S/c1-14(2)12(19)18(13(20)16-14)7-10(17-21)8-22-11-5-3-9(15)4-6-11;1-6-2-4-7(5-3-6)11(8,9)10/h3-6,10,17,21H,7-8H2,1-2H3,(H,16,20);2-5H,1H3,(H,8,9,10)/t10-;/m0./s1. The zero-order chi connectivity index (χ0) is 24.8. The van der Waals surface area contributed by atoms with Gasteiger partial charge in [0.2, 0.25) is 0 Å². The molecule has 0 aliphatic carbocycles. The third-order valence-electron chi connectivity index (χ3n) is 4.61. The highest BCUT2D eigenvalue weighted by Crippen LogP contribution is 2.18. The summed E-state index contributed by atoms with van der Waals surface area (Å²) in [5, 5.41) is 11.8. The molecule has 4 N–H and O–H groups in total. The van der Waals surface area contributed by atoms with Gasteiger partial charge in [-0.15, -0.1) is 0 Å². The van der Waals surface area contributed by atoms with Crippen LogP contribution >= 0.6 is 15.9 Å². The van der Waals surface area contributed by atoms with Crippen LogP contribution in [0.4, 0.5) is 4.79 Å². The zero-order valence-electron chi connectivity index (χ0n) is 18.3. The van der Waals surface area contributed by atoms with E-state index >= 15 is 0 Å². The maximum atomic E-state index is 12.1. The number of benzene rings is 2. The van der Waals surface area contributed by atoms with Crippen molar-refractivity contribution in [2.75, 3.05) is 13.2 Å². The number of hydrogen-bond donors (Lipinski definition) is 4. The maximum Gasteiger partial charge on any atom is 0.325 e. The van der Waals surface area contributed by atoms with Crippen molar-refractivity contribution in [2.24, 2.45) is 0 Å². The molecule has 0 unspecified atom stereocenters. The van der Waals surface area contributed by atoms with Crippen molar-refractivity contribution in [3.8, 4) is 5.75 Å². The Kier molecular flexibility index (Phi) is 8.97. The number of nitrogens with one attached hydrogen (secondary N) is 2. The van der Waals surface area contributed by atoms with Crippen LogP contribution in [0.25, 0.3) is 0 Å². The molecule has 3 amide bonds. The highest BCUT2D eigenvalue weighted by atomic mass is 79.9. The summed E-state index contributed by atoms with van der Waals surface area (Å²) in [7, 11) is -4.02. The average molecular weight is 544 g/mol. The molecule has 2 aromatic carbocycles. The summed E-state index contributed by atoms with van der Waals surface area (Å²) in [6.45, 7) is 5.23. The van der Waals surface area contributed by atoms with Crippen LogP contribution in [0.1, 0.15) is 19.4 Å². The van der Waals surface area contributed by atoms with Gasteiger partial charge in [0.25, 0.3) is 16.0 Å². The number of ether oxygens (including phenoxy) is 1. The van der Waals surface area contributed by atoms with E-state index < -0.39 is 27.7 Å². The molecule has 1 aliphatic heterocycles. The number of halogens is 1. The van der Waals surface area contributed by atoms with Gasteiger partial charge in [-0.05, 0) is 57.2 Å². The first-order chi connectivity index (χ1) is 15.3. The quantitative estimate of drug-likeness (QED) is 0.237. The van der Waals surface area contributed by atoms with E-state index in [-0.39, 0.29) is 24.0 Å². The zero-order valence-corrected chi connectivity index (χ0v) is 20.7. The molecular weight excluding hydrogens is 518 g/mol. The van der Waals surface area contributed by atoms with Crippen LogP contribution in [-0.2, 0) is 14.9 Å². The van der Waals surface area contributed by atoms with E-state index in [4.69, 9.17) is 9.29 Å². The summed E-state index contributed by atoms with van der Waals surface area (Å²) >= 11 is 3.32. The highest BCUT2D eigenvalue weighted by Gasteiger charge is 2.44. The Morgan fingerprint density at radius 1 is 1.12 bits per heavy atom. The van der Waals surface area contributed by atoms with Crippen LogP contribution < -0.4 is 15.5 Å². The van der Waals surface area contributed by atoms with Crippen LogP contribution in [0.5, 0.6) is 5.75 Å². The van der Waals surface area contributed by atoms with Gasteiger partial charge in [-0.1, -0.05) is 33.6 Å². The molecule has 0 saturated carbocycles. The molecule has 0 bridgehead atoms. The predicted molar refractivity (Wildman–Crippen MR) is 124 cm³/mol. The number of hydroxylamine groups is 1. The summed E-state index contributed by atoms with van der Waals surface area (Å²) < 4.78 is 36.0. The molecule has 1 fully saturated rings. The van der Waals surface area contributed by atoms with Gasteiger partial charge in [0, 0.05) is 4.47 Å². The number of amides is 3. The fourth-order valence-corrected chi connectivity index (χ4v) is 3.52. The monoisotopic (exact) mass is 543 g/mol. The third-order valence-corrected chi connectivity index (χ3v) is 6.01. The van der Waals surface area contributed by atoms with Gasteiger partial charge in [0.15, 0.2) is 0 Å². The van der Waals surface area contributed by atoms with Gasteiger partial charge < -0.3 is 15.3 Å². The Balaban J connectivity index is 0.000000294. The Hall–Kier alpha value is -2.51. The van der Waals surface area contributed by atoms with Gasteiger partial charge in [-0.25, -0.2) is 4.79 Å². The van der Waals surface area contributed by atoms with Gasteiger partial charge in [-0.2, -0.15) is 13.9 Å². The topological polar surface area (TPSA) is 145 Å². The van der Waals surface area contributed by atoms with Gasteiger partial charge in [0.05, 0.1) is 17.5 Å². The molecule has 180 valence electrons. The molecule has 0 aromatic heterocycles. The second kappa shape index (κ2) is 11.1. The normalized spacial score (nSPS) is 16.0. The summed E-state index contributed by atoms with van der Waals surface area (Å²) in [5.41, 5.74) is 2.10. The van der Waals surface area contributed by atoms with E-state index in [0.717, 1.165) is 14.9 Å². The van der Waals surface area contributed by atoms with E-state index in [1.54, 1.807) is 38.1 Å². The Morgan fingerprint density at radius 2 is 1.70 bits per heavy atom. The molecule has 1 saturated heterocycles. The third kappa shape index (κ3) is 7.79. The molecule has 1 heterocycles. The lowest BCUT2D eigenvalue weighted by atomic mass is 10.1. The van der Waals surface area contributed by atoms with Crippen molar-refractivity contribution in [1.29, 1.82) is 0 Å². The molecule has 3 rings (SSSR count). The lowest BCUT2D eigenvalue weighted by molar-refractivity contribution is -0.130. The lowest BCUT2D eigenvalue weighted by Gasteiger charge is -2.21. The average Bonchev–Trinajstić information content (AvgIpc) is 2.93. The van der Waals surface area contributed by atoms with Crippen LogP contribution in [0.3, 0.4) is 0 Å². The van der Waals surface area contributed by atoms with E-state index in [2.05, 4.69) is 26.7 Å². The van der Waals surface area contributed by atoms with E-state index in [0.29, 0.717) is 5.75 Å². The van der Waals surface area contributed by atoms with Crippen LogP contribution in [0.2, 0.25) is 0 Å². The minimum Gasteiger partial charge on any atom is -0.492 e. The molecule has 1 atom stereocenters. The van der Waals surface area contributed by atoms with Gasteiger partial charge in [-0.3, -0.25) is 14.2 Å². The second-order valence-corrected chi connectivity index (χ2v) is 10.2. The molecular formula is C21H26BrN3O7S. The summed E-state index contributed by atoms with van der Waals surface area (Å²) in [6, 6.07) is 12.1. The Bertz CT molecular complexity index is 1070. The predicted octanol–water partition coefficient (Wildman–Crippen LogP) is 2.75. The van der Waals surface area contributed by atoms with Crippen LogP contribution in [-0.4, -0.2) is 59.7 Å². The molecule has 0 radical (unpaired) electrons. The lowest BCUT2D eigenvalue weighted by Crippen LogP contribution is -2.46. The SMILES string of the molecule is CC1(C)NC(=O)N(C[C@@H](COc2ccc(Br)cc2)NO)C1=O.Cc1ccc(S(=O)(=O)O)cc1. The van der Waals surface area contributed by atoms with Crippen molar-refractivity contribution >= 4 is 38.0 Å². The first-order valence-electron chi connectivity index (χ1n) is 9.80. The molecule has 12 heteroatoms. The number of carbonyl (C=O) groups excluding carboxylic acids is 2. The van der Waals surface area contributed by atoms with Crippen molar-refractivity contribution in [3.05, 3.63) is 58.6 Å². The maximum absolute atomic E-state index is 12.1. The molecule has 33 heavy (non-hydrogen) atoms. The molecule has 0 spiro atoms. The fraction of sp³-hybridized carbons (Fsp3) is 0.333. The molecule has 2 aromatic rings. The number of aryl methyl sites for hydroxylation is 1. The number of urea groups is 1. The molecule has 10 nitrogen and oxygen atoms in total. The van der Waals surface area contributed by atoms with E-state index in [1.165, 1.54) is 12.1 Å². The number of imide groups is 1. The number of nitrogens with zero attached hydrogens (tertiary/aromatic N) is 1. The Labute approximate surface area is 200 Å². The van der Waals surface area contributed by atoms with Crippen molar-refractivity contribution in [2.45, 2.75) is 37.2 Å². The number of rotatable bonds is 7. The number of carbonyl (C=O) groups is 2. The van der Waals surface area contributed by atoms with Crippen LogP contribution in [0, 0.1) is 6.92 Å². The van der Waals surface area contributed by atoms with Crippen LogP contribution in [0.15, 0.2) is 57.9 Å². The largest absolute Gasteiger partial charge is 0.492 e. The highest BCUT2D eigenvalue weighted by molar-refractivity contribution is 9.10. The van der Waals surface area contributed by atoms with Gasteiger partial charge in [0.1, 0.15) is 17.9 Å². The first kappa shape index (κ1) is 26.7.